The molecule has 3 aromatic rings. The second kappa shape index (κ2) is 8.49. The number of nitrogens with zero attached hydrogens (tertiary/aromatic N) is 2. The van der Waals surface area contributed by atoms with Crippen molar-refractivity contribution in [2.75, 3.05) is 11.9 Å². The third kappa shape index (κ3) is 4.06. The van der Waals surface area contributed by atoms with E-state index in [-0.39, 0.29) is 30.7 Å². The summed E-state index contributed by atoms with van der Waals surface area (Å²) in [4.78, 5) is 43.8. The number of anilines is 1. The highest BCUT2D eigenvalue weighted by atomic mass is 79.9. The molecular weight excluding hydrogens is 466 g/mol. The number of carbonyl (C=O) groups is 3. The number of nitrogens with one attached hydrogen (secondary N) is 1. The minimum absolute atomic E-state index is 0.192. The number of hydrogen-bond donors (Lipinski definition) is 1. The molecule has 30 heavy (non-hydrogen) atoms. The van der Waals surface area contributed by atoms with Gasteiger partial charge in [-0.2, -0.15) is 0 Å². The Kier molecular flexibility index (Phi) is 5.78. The first-order chi connectivity index (χ1) is 14.4. The molecule has 4 rings (SSSR count). The monoisotopic (exact) mass is 483 g/mol. The molecular formula is C22H18BrN3O3S. The predicted octanol–water partition coefficient (Wildman–Crippen LogP) is 4.90. The van der Waals surface area contributed by atoms with Crippen molar-refractivity contribution in [3.8, 4) is 11.3 Å². The van der Waals surface area contributed by atoms with Crippen molar-refractivity contribution in [3.63, 3.8) is 0 Å². The van der Waals surface area contributed by atoms with Gasteiger partial charge in [0.1, 0.15) is 0 Å². The van der Waals surface area contributed by atoms with Crippen LogP contribution in [0.2, 0.25) is 0 Å². The summed E-state index contributed by atoms with van der Waals surface area (Å²) in [5.74, 6) is -0.792. The average molecular weight is 484 g/mol. The van der Waals surface area contributed by atoms with Crippen LogP contribution < -0.4 is 5.32 Å². The Balaban J connectivity index is 1.33. The Hall–Kier alpha value is -2.84. The molecule has 2 heterocycles. The zero-order valence-electron chi connectivity index (χ0n) is 16.1. The van der Waals surface area contributed by atoms with E-state index in [1.165, 1.54) is 16.2 Å². The van der Waals surface area contributed by atoms with Gasteiger partial charge >= 0.3 is 0 Å². The van der Waals surface area contributed by atoms with E-state index in [1.807, 2.05) is 31.2 Å². The molecule has 1 aromatic heterocycles. The van der Waals surface area contributed by atoms with E-state index in [4.69, 9.17) is 0 Å². The third-order valence-electron chi connectivity index (χ3n) is 4.82. The highest BCUT2D eigenvalue weighted by Crippen LogP contribution is 2.31. The maximum atomic E-state index is 12.4. The number of carbonyl (C=O) groups excluding carboxylic acids is 3. The molecule has 1 aliphatic rings. The molecule has 1 N–H and O–H groups in total. The van der Waals surface area contributed by atoms with Crippen molar-refractivity contribution in [1.29, 1.82) is 0 Å². The molecule has 152 valence electrons. The summed E-state index contributed by atoms with van der Waals surface area (Å²) in [5.41, 5.74) is 2.67. The lowest BCUT2D eigenvalue weighted by Crippen LogP contribution is -2.31. The number of benzene rings is 2. The van der Waals surface area contributed by atoms with Gasteiger partial charge < -0.3 is 5.32 Å². The lowest BCUT2D eigenvalue weighted by Gasteiger charge is -2.13. The van der Waals surface area contributed by atoms with Crippen LogP contribution in [0.25, 0.3) is 11.3 Å². The highest BCUT2D eigenvalue weighted by molar-refractivity contribution is 9.10. The maximum absolute atomic E-state index is 12.4. The topological polar surface area (TPSA) is 79.4 Å². The maximum Gasteiger partial charge on any atom is 0.261 e. The van der Waals surface area contributed by atoms with Crippen LogP contribution in [0.4, 0.5) is 5.13 Å². The standard InChI is InChI=1S/C22H18BrN3O3S/c1-13-19(14-8-10-15(23)11-9-14)25-22(30-13)24-18(27)7-4-12-26-20(28)16-5-2-3-6-17(16)21(26)29/h2-3,5-6,8-11H,4,7,12H2,1H3,(H,24,25,27). The normalized spacial score (nSPS) is 12.9. The second-order valence-corrected chi connectivity index (χ2v) is 9.01. The zero-order valence-corrected chi connectivity index (χ0v) is 18.5. The zero-order chi connectivity index (χ0) is 21.3. The molecule has 0 bridgehead atoms. The SMILES string of the molecule is Cc1sc(NC(=O)CCCN2C(=O)c3ccccc3C2=O)nc1-c1ccc(Br)cc1. The summed E-state index contributed by atoms with van der Waals surface area (Å²) in [6, 6.07) is 14.6. The van der Waals surface area contributed by atoms with Crippen molar-refractivity contribution in [1.82, 2.24) is 9.88 Å². The summed E-state index contributed by atoms with van der Waals surface area (Å²) in [5, 5.41) is 3.36. The molecule has 0 saturated carbocycles. The van der Waals surface area contributed by atoms with Crippen LogP contribution >= 0.6 is 27.3 Å². The van der Waals surface area contributed by atoms with Crippen molar-refractivity contribution in [2.24, 2.45) is 0 Å². The summed E-state index contributed by atoms with van der Waals surface area (Å²) in [6.07, 6.45) is 0.584. The first-order valence-electron chi connectivity index (χ1n) is 9.42. The van der Waals surface area contributed by atoms with Crippen LogP contribution in [0.15, 0.2) is 53.0 Å². The largest absolute Gasteiger partial charge is 0.302 e. The van der Waals surface area contributed by atoms with Gasteiger partial charge in [0.05, 0.1) is 16.8 Å². The number of hydrogen-bond acceptors (Lipinski definition) is 5. The summed E-state index contributed by atoms with van der Waals surface area (Å²) >= 11 is 4.84. The molecule has 6 nitrogen and oxygen atoms in total. The highest BCUT2D eigenvalue weighted by Gasteiger charge is 2.34. The van der Waals surface area contributed by atoms with Crippen LogP contribution in [0.1, 0.15) is 38.4 Å². The van der Waals surface area contributed by atoms with E-state index in [0.29, 0.717) is 22.7 Å². The van der Waals surface area contributed by atoms with Crippen molar-refractivity contribution in [3.05, 3.63) is 69.0 Å². The van der Waals surface area contributed by atoms with Crippen LogP contribution in [-0.4, -0.2) is 34.2 Å². The van der Waals surface area contributed by atoms with Gasteiger partial charge in [0.15, 0.2) is 5.13 Å². The Labute approximate surface area is 186 Å². The summed E-state index contributed by atoms with van der Waals surface area (Å²) in [6.45, 7) is 2.17. The molecule has 0 unspecified atom stereocenters. The first kappa shape index (κ1) is 20.4. The van der Waals surface area contributed by atoms with Crippen LogP contribution in [0.5, 0.6) is 0 Å². The van der Waals surface area contributed by atoms with Crippen molar-refractivity contribution < 1.29 is 14.4 Å². The van der Waals surface area contributed by atoms with Crippen LogP contribution in [0.3, 0.4) is 0 Å². The second-order valence-electron chi connectivity index (χ2n) is 6.89. The Morgan fingerprint density at radius 1 is 1.07 bits per heavy atom. The molecule has 0 saturated heterocycles. The fraction of sp³-hybridized carbons (Fsp3) is 0.182. The molecule has 0 spiro atoms. The van der Waals surface area contributed by atoms with Gasteiger partial charge in [-0.15, -0.1) is 11.3 Å². The van der Waals surface area contributed by atoms with Crippen LogP contribution in [0, 0.1) is 6.92 Å². The van der Waals surface area contributed by atoms with E-state index < -0.39 is 0 Å². The van der Waals surface area contributed by atoms with Crippen molar-refractivity contribution in [2.45, 2.75) is 19.8 Å². The number of halogens is 1. The number of rotatable bonds is 6. The number of amides is 3. The number of aryl methyl sites for hydroxylation is 1. The van der Waals surface area contributed by atoms with E-state index in [1.54, 1.807) is 24.3 Å². The molecule has 0 atom stereocenters. The Morgan fingerprint density at radius 3 is 2.33 bits per heavy atom. The minimum atomic E-state index is -0.300. The molecule has 0 fully saturated rings. The average Bonchev–Trinajstić information content (AvgIpc) is 3.21. The van der Waals surface area contributed by atoms with Gasteiger partial charge in [0, 0.05) is 27.9 Å². The fourth-order valence-electron chi connectivity index (χ4n) is 3.35. The Morgan fingerprint density at radius 2 is 1.70 bits per heavy atom. The van der Waals surface area contributed by atoms with E-state index in [9.17, 15) is 14.4 Å². The van der Waals surface area contributed by atoms with Gasteiger partial charge in [-0.3, -0.25) is 19.3 Å². The lowest BCUT2D eigenvalue weighted by molar-refractivity contribution is -0.116. The molecule has 8 heteroatoms. The van der Waals surface area contributed by atoms with Gasteiger partial charge in [0.2, 0.25) is 5.91 Å². The Bertz CT molecular complexity index is 1110. The predicted molar refractivity (Wildman–Crippen MR) is 120 cm³/mol. The van der Waals surface area contributed by atoms with E-state index >= 15 is 0 Å². The molecule has 3 amide bonds. The number of fused-ring (bicyclic) bond motifs is 1. The molecule has 2 aromatic carbocycles. The number of thiazole rings is 1. The van der Waals surface area contributed by atoms with E-state index in [0.717, 1.165) is 20.6 Å². The molecule has 0 aliphatic carbocycles. The molecule has 0 radical (unpaired) electrons. The number of aromatic nitrogens is 1. The third-order valence-corrected chi connectivity index (χ3v) is 6.24. The van der Waals surface area contributed by atoms with Gasteiger partial charge in [-0.05, 0) is 37.6 Å². The molecule has 1 aliphatic heterocycles. The minimum Gasteiger partial charge on any atom is -0.302 e. The first-order valence-corrected chi connectivity index (χ1v) is 11.0. The quantitative estimate of drug-likeness (QED) is 0.505. The number of imide groups is 1. The lowest BCUT2D eigenvalue weighted by atomic mass is 10.1. The van der Waals surface area contributed by atoms with Gasteiger partial charge in [-0.1, -0.05) is 40.2 Å². The summed E-state index contributed by atoms with van der Waals surface area (Å²) in [7, 11) is 0. The fourth-order valence-corrected chi connectivity index (χ4v) is 4.46. The van der Waals surface area contributed by atoms with E-state index in [2.05, 4.69) is 26.2 Å². The van der Waals surface area contributed by atoms with Gasteiger partial charge in [-0.25, -0.2) is 4.98 Å². The summed E-state index contributed by atoms with van der Waals surface area (Å²) < 4.78 is 0.991. The van der Waals surface area contributed by atoms with Crippen molar-refractivity contribution >= 4 is 50.1 Å². The van der Waals surface area contributed by atoms with Crippen LogP contribution in [-0.2, 0) is 4.79 Å². The smallest absolute Gasteiger partial charge is 0.261 e. The van der Waals surface area contributed by atoms with Gasteiger partial charge in [0.25, 0.3) is 11.8 Å².